The second-order valence-corrected chi connectivity index (χ2v) is 10.8. The zero-order chi connectivity index (χ0) is 29.0. The number of nitrogens with zero attached hydrogens (tertiary/aromatic N) is 6. The van der Waals surface area contributed by atoms with Gasteiger partial charge in [0.15, 0.2) is 22.2 Å². The zero-order valence-electron chi connectivity index (χ0n) is 22.6. The molecule has 0 fully saturated rings. The Labute approximate surface area is 236 Å². The standard InChI is InChI=1S/C29H25F2N7O2S/c1-14(2)40-21-9-8-18(11-20(21)31)25-23-26(32)33-13-34-27(23)38(36-25)16(4)24-22(17-6-5-7-19(30)10-17)28(39)37-15(3)12-41-29(37)35-24/h5-14,16H,1-4H3,(H2,32,33,34)/t16-/m0/s1. The number of nitrogens with two attached hydrogens (primary N) is 1. The lowest BCUT2D eigenvalue weighted by Gasteiger charge is -2.17. The van der Waals surface area contributed by atoms with Gasteiger partial charge in [-0.05, 0) is 63.6 Å². The molecule has 41 heavy (non-hydrogen) atoms. The number of nitrogen functional groups attached to an aromatic ring is 1. The maximum atomic E-state index is 15.0. The van der Waals surface area contributed by atoms with Crippen molar-refractivity contribution in [3.05, 3.63) is 87.5 Å². The highest BCUT2D eigenvalue weighted by molar-refractivity contribution is 7.15. The van der Waals surface area contributed by atoms with Gasteiger partial charge in [0.2, 0.25) is 0 Å². The molecule has 9 nitrogen and oxygen atoms in total. The summed E-state index contributed by atoms with van der Waals surface area (Å²) >= 11 is 1.33. The molecule has 6 rings (SSSR count). The van der Waals surface area contributed by atoms with Crippen LogP contribution in [-0.2, 0) is 0 Å². The van der Waals surface area contributed by atoms with E-state index in [-0.39, 0.29) is 28.8 Å². The Morgan fingerprint density at radius 1 is 1.05 bits per heavy atom. The quantitative estimate of drug-likeness (QED) is 0.268. The van der Waals surface area contributed by atoms with Crippen LogP contribution in [0.15, 0.2) is 59.0 Å². The fourth-order valence-corrected chi connectivity index (χ4v) is 5.76. The number of aromatic nitrogens is 6. The molecule has 2 N–H and O–H groups in total. The van der Waals surface area contributed by atoms with Crippen LogP contribution in [0.25, 0.3) is 38.4 Å². The summed E-state index contributed by atoms with van der Waals surface area (Å²) in [6.07, 6.45) is 1.11. The molecule has 0 amide bonds. The van der Waals surface area contributed by atoms with E-state index < -0.39 is 17.7 Å². The molecule has 2 aromatic carbocycles. The van der Waals surface area contributed by atoms with Gasteiger partial charge in [0.05, 0.1) is 28.8 Å². The lowest BCUT2D eigenvalue weighted by atomic mass is 10.0. The minimum atomic E-state index is -0.660. The lowest BCUT2D eigenvalue weighted by Crippen LogP contribution is -2.23. The van der Waals surface area contributed by atoms with Crippen LogP contribution in [0.1, 0.15) is 38.2 Å². The predicted octanol–water partition coefficient (Wildman–Crippen LogP) is 5.80. The SMILES string of the molecule is Cc1csc2nc([C@H](C)n3nc(-c4ccc(OC(C)C)c(F)c4)c4c(N)ncnc43)c(-c3cccc(F)c3)c(=O)n12. The average molecular weight is 574 g/mol. The largest absolute Gasteiger partial charge is 0.488 e. The molecule has 0 saturated heterocycles. The number of halogens is 2. The molecular weight excluding hydrogens is 548 g/mol. The number of anilines is 1. The minimum Gasteiger partial charge on any atom is -0.488 e. The first-order chi connectivity index (χ1) is 19.6. The second-order valence-electron chi connectivity index (χ2n) is 9.92. The number of rotatable bonds is 6. The normalized spacial score (nSPS) is 12.5. The van der Waals surface area contributed by atoms with Crippen molar-refractivity contribution in [3.8, 4) is 28.1 Å². The molecule has 1 atom stereocenters. The van der Waals surface area contributed by atoms with Gasteiger partial charge in [-0.3, -0.25) is 9.20 Å². The van der Waals surface area contributed by atoms with Gasteiger partial charge in [0.25, 0.3) is 5.56 Å². The average Bonchev–Trinajstić information content (AvgIpc) is 3.51. The first-order valence-electron chi connectivity index (χ1n) is 12.9. The van der Waals surface area contributed by atoms with E-state index in [9.17, 15) is 13.6 Å². The van der Waals surface area contributed by atoms with E-state index in [1.54, 1.807) is 22.9 Å². The van der Waals surface area contributed by atoms with Crippen LogP contribution in [0, 0.1) is 18.6 Å². The summed E-state index contributed by atoms with van der Waals surface area (Å²) in [4.78, 5) is 27.8. The van der Waals surface area contributed by atoms with Crippen molar-refractivity contribution in [1.29, 1.82) is 0 Å². The summed E-state index contributed by atoms with van der Waals surface area (Å²) in [7, 11) is 0. The highest BCUT2D eigenvalue weighted by atomic mass is 32.1. The number of hydrogen-bond acceptors (Lipinski definition) is 8. The smallest absolute Gasteiger partial charge is 0.266 e. The van der Waals surface area contributed by atoms with Gasteiger partial charge in [-0.15, -0.1) is 11.3 Å². The van der Waals surface area contributed by atoms with Crippen molar-refractivity contribution in [2.75, 3.05) is 5.73 Å². The molecule has 0 unspecified atom stereocenters. The first kappa shape index (κ1) is 26.5. The van der Waals surface area contributed by atoms with E-state index in [1.807, 2.05) is 33.1 Å². The first-order valence-corrected chi connectivity index (χ1v) is 13.7. The van der Waals surface area contributed by atoms with E-state index in [4.69, 9.17) is 20.6 Å². The van der Waals surface area contributed by atoms with Gasteiger partial charge in [-0.1, -0.05) is 12.1 Å². The van der Waals surface area contributed by atoms with Crippen LogP contribution in [0.5, 0.6) is 5.75 Å². The molecular formula is C29H25F2N7O2S. The van der Waals surface area contributed by atoms with E-state index in [0.29, 0.717) is 38.5 Å². The fraction of sp³-hybridized carbons (Fsp3) is 0.207. The highest BCUT2D eigenvalue weighted by Gasteiger charge is 2.27. The van der Waals surface area contributed by atoms with E-state index in [1.165, 1.54) is 46.3 Å². The number of thiazole rings is 1. The van der Waals surface area contributed by atoms with Crippen LogP contribution in [0.2, 0.25) is 0 Å². The van der Waals surface area contributed by atoms with E-state index >= 15 is 0 Å². The third-order valence-electron chi connectivity index (χ3n) is 6.73. The molecule has 4 heterocycles. The van der Waals surface area contributed by atoms with Gasteiger partial charge >= 0.3 is 0 Å². The molecule has 0 aliphatic rings. The van der Waals surface area contributed by atoms with E-state index in [2.05, 4.69) is 9.97 Å². The van der Waals surface area contributed by atoms with Gasteiger partial charge < -0.3 is 10.5 Å². The summed E-state index contributed by atoms with van der Waals surface area (Å²) in [5.41, 5.74) is 8.86. The Morgan fingerprint density at radius 2 is 1.85 bits per heavy atom. The third-order valence-corrected chi connectivity index (χ3v) is 7.67. The Hall–Kier alpha value is -4.71. The number of hydrogen-bond donors (Lipinski definition) is 1. The minimum absolute atomic E-state index is 0.119. The van der Waals surface area contributed by atoms with Gasteiger partial charge in [-0.2, -0.15) is 5.10 Å². The molecule has 0 radical (unpaired) electrons. The number of aryl methyl sites for hydroxylation is 1. The fourth-order valence-electron chi connectivity index (χ4n) is 4.90. The number of benzene rings is 2. The molecule has 0 aliphatic carbocycles. The van der Waals surface area contributed by atoms with Crippen molar-refractivity contribution in [2.45, 2.75) is 39.8 Å². The Morgan fingerprint density at radius 3 is 2.59 bits per heavy atom. The van der Waals surface area contributed by atoms with Crippen molar-refractivity contribution in [3.63, 3.8) is 0 Å². The highest BCUT2D eigenvalue weighted by Crippen LogP contribution is 2.36. The maximum Gasteiger partial charge on any atom is 0.266 e. The number of fused-ring (bicyclic) bond motifs is 2. The topological polar surface area (TPSA) is 113 Å². The van der Waals surface area contributed by atoms with Crippen LogP contribution < -0.4 is 16.0 Å². The van der Waals surface area contributed by atoms with Crippen LogP contribution in [0.3, 0.4) is 0 Å². The molecule has 4 aromatic heterocycles. The molecule has 0 spiro atoms. The van der Waals surface area contributed by atoms with Crippen LogP contribution in [-0.4, -0.2) is 35.2 Å². The van der Waals surface area contributed by atoms with Gasteiger partial charge in [-0.25, -0.2) is 28.4 Å². The Bertz CT molecular complexity index is 2010. The summed E-state index contributed by atoms with van der Waals surface area (Å²) in [5, 5.41) is 7.06. The summed E-state index contributed by atoms with van der Waals surface area (Å²) in [6, 6.07) is 9.72. The van der Waals surface area contributed by atoms with Crippen LogP contribution in [0.4, 0.5) is 14.6 Å². The maximum absolute atomic E-state index is 15.0. The molecule has 12 heteroatoms. The number of ether oxygens (including phenoxy) is 1. The van der Waals surface area contributed by atoms with Gasteiger partial charge in [0, 0.05) is 16.6 Å². The van der Waals surface area contributed by atoms with Crippen molar-refractivity contribution in [1.82, 2.24) is 29.1 Å². The summed E-state index contributed by atoms with van der Waals surface area (Å²) in [6.45, 7) is 7.26. The molecule has 0 aliphatic heterocycles. The molecule has 6 aromatic rings. The Balaban J connectivity index is 1.59. The second kappa shape index (κ2) is 10.0. The van der Waals surface area contributed by atoms with E-state index in [0.717, 1.165) is 5.69 Å². The van der Waals surface area contributed by atoms with Gasteiger partial charge in [0.1, 0.15) is 23.7 Å². The molecule has 208 valence electrons. The molecule has 0 bridgehead atoms. The lowest BCUT2D eigenvalue weighted by molar-refractivity contribution is 0.231. The van der Waals surface area contributed by atoms with Crippen molar-refractivity contribution in [2.24, 2.45) is 0 Å². The molecule has 0 saturated carbocycles. The predicted molar refractivity (Wildman–Crippen MR) is 154 cm³/mol. The van der Waals surface area contributed by atoms with Crippen LogP contribution >= 0.6 is 11.3 Å². The summed E-state index contributed by atoms with van der Waals surface area (Å²) in [5.74, 6) is -0.751. The van der Waals surface area contributed by atoms with Crippen molar-refractivity contribution >= 4 is 33.1 Å². The zero-order valence-corrected chi connectivity index (χ0v) is 23.4. The van der Waals surface area contributed by atoms with Crippen molar-refractivity contribution < 1.29 is 13.5 Å². The monoisotopic (exact) mass is 573 g/mol. The Kier molecular flexibility index (Phi) is 6.49. The summed E-state index contributed by atoms with van der Waals surface area (Å²) < 4.78 is 38.0. The third kappa shape index (κ3) is 4.49.